The van der Waals surface area contributed by atoms with E-state index in [2.05, 4.69) is 10.3 Å². The minimum absolute atomic E-state index is 0.128. The molecule has 0 bridgehead atoms. The van der Waals surface area contributed by atoms with Crippen LogP contribution < -0.4 is 15.6 Å². The molecule has 154 valence electrons. The van der Waals surface area contributed by atoms with E-state index in [-0.39, 0.29) is 11.5 Å². The molecule has 0 saturated carbocycles. The lowest BCUT2D eigenvalue weighted by atomic mass is 10.1. The van der Waals surface area contributed by atoms with Crippen molar-refractivity contribution in [1.82, 2.24) is 19.9 Å². The quantitative estimate of drug-likeness (QED) is 0.691. The minimum Gasteiger partial charge on any atom is -0.496 e. The summed E-state index contributed by atoms with van der Waals surface area (Å²) in [5.74, 6) is 0.656. The smallest absolute Gasteiger partial charge is 0.255 e. The largest absolute Gasteiger partial charge is 0.496 e. The number of halogens is 1. The molecule has 1 unspecified atom stereocenters. The van der Waals surface area contributed by atoms with E-state index in [0.717, 1.165) is 18.4 Å². The van der Waals surface area contributed by atoms with Gasteiger partial charge in [0, 0.05) is 35.6 Å². The molecule has 1 aromatic carbocycles. The maximum absolute atomic E-state index is 13.0. The number of nitrogens with one attached hydrogen (secondary N) is 1. The van der Waals surface area contributed by atoms with E-state index in [1.54, 1.807) is 35.2 Å². The normalized spacial score (nSPS) is 15.7. The van der Waals surface area contributed by atoms with E-state index in [0.29, 0.717) is 40.8 Å². The van der Waals surface area contributed by atoms with Crippen LogP contribution >= 0.6 is 11.6 Å². The summed E-state index contributed by atoms with van der Waals surface area (Å²) >= 11 is 6.01. The molecule has 2 aromatic heterocycles. The second-order valence-electron chi connectivity index (χ2n) is 7.09. The molecule has 3 heterocycles. The standard InChI is InChI=1S/C22H21ClN4O3/c1-30-19-12-15(23)5-6-16(19)22(29)26-17-4-2-3-11-27-20(28)13-18(25-21(17)27)14-7-9-24-10-8-14/h5-10,12-13,17H,2-4,11H2,1H3,(H,26,29). The molecular weight excluding hydrogens is 404 g/mol. The van der Waals surface area contributed by atoms with E-state index >= 15 is 0 Å². The molecule has 8 heteroatoms. The number of rotatable bonds is 4. The van der Waals surface area contributed by atoms with Gasteiger partial charge in [0.25, 0.3) is 11.5 Å². The molecule has 4 rings (SSSR count). The van der Waals surface area contributed by atoms with Crippen LogP contribution in [0.2, 0.25) is 5.02 Å². The van der Waals surface area contributed by atoms with Crippen molar-refractivity contribution in [2.45, 2.75) is 31.8 Å². The number of hydrogen-bond acceptors (Lipinski definition) is 5. The van der Waals surface area contributed by atoms with Gasteiger partial charge in [0.15, 0.2) is 0 Å². The summed E-state index contributed by atoms with van der Waals surface area (Å²) in [7, 11) is 1.49. The van der Waals surface area contributed by atoms with Crippen molar-refractivity contribution >= 4 is 17.5 Å². The molecule has 0 spiro atoms. The van der Waals surface area contributed by atoms with Crippen LogP contribution in [0.15, 0.2) is 53.6 Å². The van der Waals surface area contributed by atoms with Crippen molar-refractivity contribution in [1.29, 1.82) is 0 Å². The lowest BCUT2D eigenvalue weighted by Crippen LogP contribution is -2.34. The number of ether oxygens (including phenoxy) is 1. The van der Waals surface area contributed by atoms with Crippen molar-refractivity contribution in [3.63, 3.8) is 0 Å². The highest BCUT2D eigenvalue weighted by Crippen LogP contribution is 2.27. The predicted molar refractivity (Wildman–Crippen MR) is 114 cm³/mol. The molecule has 1 N–H and O–H groups in total. The van der Waals surface area contributed by atoms with Crippen molar-refractivity contribution < 1.29 is 9.53 Å². The van der Waals surface area contributed by atoms with Gasteiger partial charge in [0.1, 0.15) is 11.6 Å². The van der Waals surface area contributed by atoms with Crippen LogP contribution in [0.1, 0.15) is 41.5 Å². The summed E-state index contributed by atoms with van der Waals surface area (Å²) in [4.78, 5) is 34.6. The van der Waals surface area contributed by atoms with Crippen molar-refractivity contribution in [3.8, 4) is 17.0 Å². The first-order valence-corrected chi connectivity index (χ1v) is 10.1. The Labute approximate surface area is 178 Å². The van der Waals surface area contributed by atoms with Crippen molar-refractivity contribution in [2.24, 2.45) is 0 Å². The van der Waals surface area contributed by atoms with Crippen LogP contribution in [0.25, 0.3) is 11.3 Å². The molecular formula is C22H21ClN4O3. The van der Waals surface area contributed by atoms with E-state index in [9.17, 15) is 9.59 Å². The average molecular weight is 425 g/mol. The zero-order valence-electron chi connectivity index (χ0n) is 16.5. The van der Waals surface area contributed by atoms with E-state index in [1.807, 2.05) is 12.1 Å². The number of pyridine rings is 1. The zero-order valence-corrected chi connectivity index (χ0v) is 17.2. The molecule has 1 aliphatic heterocycles. The number of amides is 1. The molecule has 0 fully saturated rings. The fourth-order valence-corrected chi connectivity index (χ4v) is 3.82. The van der Waals surface area contributed by atoms with Gasteiger partial charge < -0.3 is 10.1 Å². The Morgan fingerprint density at radius 3 is 2.77 bits per heavy atom. The number of carbonyl (C=O) groups excluding carboxylic acids is 1. The highest BCUT2D eigenvalue weighted by Gasteiger charge is 2.25. The molecule has 30 heavy (non-hydrogen) atoms. The third-order valence-electron chi connectivity index (χ3n) is 5.16. The summed E-state index contributed by atoms with van der Waals surface area (Å²) in [5, 5.41) is 3.52. The Balaban J connectivity index is 1.71. The van der Waals surface area contributed by atoms with Crippen LogP contribution in [0.4, 0.5) is 0 Å². The number of carbonyl (C=O) groups is 1. The molecule has 1 amide bonds. The molecule has 0 saturated heterocycles. The van der Waals surface area contributed by atoms with Crippen LogP contribution in [0, 0.1) is 0 Å². The Hall–Kier alpha value is -3.19. The highest BCUT2D eigenvalue weighted by molar-refractivity contribution is 6.30. The number of hydrogen-bond donors (Lipinski definition) is 1. The number of aromatic nitrogens is 3. The molecule has 1 aliphatic rings. The Bertz CT molecular complexity index is 1130. The van der Waals surface area contributed by atoms with Crippen molar-refractivity contribution in [2.75, 3.05) is 7.11 Å². The van der Waals surface area contributed by atoms with Gasteiger partial charge in [0.05, 0.1) is 24.4 Å². The van der Waals surface area contributed by atoms with Crippen molar-refractivity contribution in [3.05, 3.63) is 75.6 Å². The first-order chi connectivity index (χ1) is 14.6. The summed E-state index contributed by atoms with van der Waals surface area (Å²) in [6.45, 7) is 0.578. The maximum Gasteiger partial charge on any atom is 0.255 e. The Morgan fingerprint density at radius 2 is 2.00 bits per heavy atom. The number of benzene rings is 1. The third-order valence-corrected chi connectivity index (χ3v) is 5.40. The van der Waals surface area contributed by atoms with Crippen LogP contribution in [-0.4, -0.2) is 27.6 Å². The highest BCUT2D eigenvalue weighted by atomic mass is 35.5. The second kappa shape index (κ2) is 8.67. The number of fused-ring (bicyclic) bond motifs is 1. The summed E-state index contributed by atoms with van der Waals surface area (Å²) < 4.78 is 6.96. The molecule has 3 aromatic rings. The second-order valence-corrected chi connectivity index (χ2v) is 7.53. The van der Waals surface area contributed by atoms with Gasteiger partial charge in [-0.05, 0) is 49.6 Å². The third kappa shape index (κ3) is 4.07. The van der Waals surface area contributed by atoms with Gasteiger partial charge in [-0.3, -0.25) is 19.1 Å². The molecule has 1 atom stereocenters. The summed E-state index contributed by atoms with van der Waals surface area (Å²) in [5.41, 5.74) is 1.63. The summed E-state index contributed by atoms with van der Waals surface area (Å²) in [6, 6.07) is 9.62. The number of nitrogens with zero attached hydrogens (tertiary/aromatic N) is 3. The van der Waals surface area contributed by atoms with Gasteiger partial charge in [-0.25, -0.2) is 4.98 Å². The lowest BCUT2D eigenvalue weighted by Gasteiger charge is -2.20. The minimum atomic E-state index is -0.394. The fourth-order valence-electron chi connectivity index (χ4n) is 3.66. The average Bonchev–Trinajstić information content (AvgIpc) is 2.96. The molecule has 7 nitrogen and oxygen atoms in total. The SMILES string of the molecule is COc1cc(Cl)ccc1C(=O)NC1CCCCn2c1nc(-c1ccncc1)cc2=O. The van der Waals surface area contributed by atoms with Crippen LogP contribution in [-0.2, 0) is 6.54 Å². The lowest BCUT2D eigenvalue weighted by molar-refractivity contribution is 0.0929. The monoisotopic (exact) mass is 424 g/mol. The number of methoxy groups -OCH3 is 1. The van der Waals surface area contributed by atoms with E-state index < -0.39 is 6.04 Å². The van der Waals surface area contributed by atoms with E-state index in [4.69, 9.17) is 21.3 Å². The molecule has 0 aliphatic carbocycles. The first-order valence-electron chi connectivity index (χ1n) is 9.73. The molecule has 0 radical (unpaired) electrons. The topological polar surface area (TPSA) is 86.1 Å². The van der Waals surface area contributed by atoms with Crippen LogP contribution in [0.5, 0.6) is 5.75 Å². The van der Waals surface area contributed by atoms with E-state index in [1.165, 1.54) is 13.2 Å². The fraction of sp³-hybridized carbons (Fsp3) is 0.273. The first kappa shape index (κ1) is 20.1. The van der Waals surface area contributed by atoms with Gasteiger partial charge in [-0.2, -0.15) is 0 Å². The zero-order chi connectivity index (χ0) is 21.1. The van der Waals surface area contributed by atoms with Gasteiger partial charge >= 0.3 is 0 Å². The van der Waals surface area contributed by atoms with Crippen LogP contribution in [0.3, 0.4) is 0 Å². The van der Waals surface area contributed by atoms with Gasteiger partial charge in [0.2, 0.25) is 0 Å². The Kier molecular flexibility index (Phi) is 5.81. The summed E-state index contributed by atoms with van der Waals surface area (Å²) in [6.07, 6.45) is 5.72. The predicted octanol–water partition coefficient (Wildman–Crippen LogP) is 3.62. The maximum atomic E-state index is 13.0. The van der Waals surface area contributed by atoms with Gasteiger partial charge in [-0.1, -0.05) is 11.6 Å². The van der Waals surface area contributed by atoms with Gasteiger partial charge in [-0.15, -0.1) is 0 Å². The Morgan fingerprint density at radius 1 is 1.20 bits per heavy atom.